The largest absolute Gasteiger partial charge is 0.451 e. The quantitative estimate of drug-likeness (QED) is 0.676. The lowest BCUT2D eigenvalue weighted by atomic mass is 9.49. The van der Waals surface area contributed by atoms with E-state index in [-0.39, 0.29) is 17.2 Å². The molecule has 31 heavy (non-hydrogen) atoms. The summed E-state index contributed by atoms with van der Waals surface area (Å²) in [4.78, 5) is 38.2. The molecule has 4 saturated carbocycles. The topological polar surface area (TPSA) is 84.5 Å². The lowest BCUT2D eigenvalue weighted by Crippen LogP contribution is -2.56. The molecule has 5 rings (SSSR count). The van der Waals surface area contributed by atoms with Crippen LogP contribution in [0.2, 0.25) is 0 Å². The van der Waals surface area contributed by atoms with Crippen LogP contribution in [0.15, 0.2) is 18.2 Å². The lowest BCUT2D eigenvalue weighted by molar-refractivity contribution is -0.158. The normalized spacial score (nSPS) is 30.4. The Balaban J connectivity index is 1.31. The fraction of sp³-hybridized carbons (Fsp3) is 0.640. The fourth-order valence-electron chi connectivity index (χ4n) is 6.23. The van der Waals surface area contributed by atoms with Gasteiger partial charge in [-0.3, -0.25) is 9.59 Å². The third-order valence-electron chi connectivity index (χ3n) is 7.53. The SMILES string of the molecule is Cc1ccc(C)c(NC(=O)[C@H](C)OC(=O)[C@H](C)NC(=O)C23CC4CC(CC(C4)C2)C3)c1. The smallest absolute Gasteiger partial charge is 0.329 e. The van der Waals surface area contributed by atoms with Crippen LogP contribution >= 0.6 is 0 Å². The van der Waals surface area contributed by atoms with Crippen LogP contribution in [0.3, 0.4) is 0 Å². The molecule has 2 atom stereocenters. The molecule has 4 fully saturated rings. The van der Waals surface area contributed by atoms with Crippen LogP contribution in [0.5, 0.6) is 0 Å². The highest BCUT2D eigenvalue weighted by atomic mass is 16.5. The maximum absolute atomic E-state index is 13.1. The molecule has 0 aromatic heterocycles. The van der Waals surface area contributed by atoms with Gasteiger partial charge in [-0.2, -0.15) is 0 Å². The third-order valence-corrected chi connectivity index (χ3v) is 7.53. The Morgan fingerprint density at radius 2 is 1.58 bits per heavy atom. The highest BCUT2D eigenvalue weighted by Crippen LogP contribution is 2.60. The Hall–Kier alpha value is -2.37. The molecule has 2 amide bonds. The van der Waals surface area contributed by atoms with E-state index in [4.69, 9.17) is 4.74 Å². The van der Waals surface area contributed by atoms with Crippen LogP contribution in [-0.2, 0) is 19.1 Å². The van der Waals surface area contributed by atoms with Crippen molar-refractivity contribution in [3.63, 3.8) is 0 Å². The van der Waals surface area contributed by atoms with Gasteiger partial charge in [-0.1, -0.05) is 12.1 Å². The predicted molar refractivity (Wildman–Crippen MR) is 118 cm³/mol. The fourth-order valence-corrected chi connectivity index (χ4v) is 6.23. The number of hydrogen-bond acceptors (Lipinski definition) is 4. The summed E-state index contributed by atoms with van der Waals surface area (Å²) in [5, 5.41) is 5.72. The number of carbonyl (C=O) groups excluding carboxylic acids is 3. The second kappa shape index (κ2) is 8.29. The number of ether oxygens (including phenoxy) is 1. The standard InChI is InChI=1S/C25H34N2O4/c1-14-5-6-15(2)21(7-14)27-22(28)17(4)31-23(29)16(3)26-24(30)25-11-18-8-19(12-25)10-20(9-18)13-25/h5-7,16-20H,8-13H2,1-4H3,(H,26,30)(H,27,28)/t16-,17-,18?,19?,20?,25?/m0/s1. The summed E-state index contributed by atoms with van der Waals surface area (Å²) in [6.07, 6.45) is 5.67. The number of carbonyl (C=O) groups is 3. The van der Waals surface area contributed by atoms with Gasteiger partial charge in [0.1, 0.15) is 6.04 Å². The molecule has 168 valence electrons. The molecule has 4 aliphatic rings. The van der Waals surface area contributed by atoms with Gasteiger partial charge in [-0.25, -0.2) is 4.79 Å². The van der Waals surface area contributed by atoms with Gasteiger partial charge in [0.2, 0.25) is 5.91 Å². The first-order valence-electron chi connectivity index (χ1n) is 11.5. The van der Waals surface area contributed by atoms with Gasteiger partial charge in [-0.15, -0.1) is 0 Å². The van der Waals surface area contributed by atoms with Crippen LogP contribution in [0.1, 0.15) is 63.5 Å². The number of benzene rings is 1. The van der Waals surface area contributed by atoms with Gasteiger partial charge in [0.05, 0.1) is 0 Å². The zero-order chi connectivity index (χ0) is 22.3. The van der Waals surface area contributed by atoms with Crippen molar-refractivity contribution >= 4 is 23.5 Å². The molecule has 0 heterocycles. The number of hydrogen-bond donors (Lipinski definition) is 2. The maximum atomic E-state index is 13.1. The van der Waals surface area contributed by atoms with E-state index >= 15 is 0 Å². The summed E-state index contributed by atoms with van der Waals surface area (Å²) < 4.78 is 5.37. The molecule has 6 heteroatoms. The zero-order valence-corrected chi connectivity index (χ0v) is 19.0. The minimum absolute atomic E-state index is 0.0106. The number of anilines is 1. The molecule has 2 N–H and O–H groups in total. The Kier molecular flexibility index (Phi) is 5.84. The second-order valence-corrected chi connectivity index (χ2v) is 10.3. The van der Waals surface area contributed by atoms with Crippen LogP contribution in [0.25, 0.3) is 0 Å². The molecular formula is C25H34N2O4. The molecule has 1 aromatic rings. The van der Waals surface area contributed by atoms with Crippen LogP contribution in [0, 0.1) is 37.0 Å². The molecule has 0 unspecified atom stereocenters. The molecule has 4 aliphatic carbocycles. The molecule has 0 radical (unpaired) electrons. The summed E-state index contributed by atoms with van der Waals surface area (Å²) in [6.45, 7) is 7.04. The van der Waals surface area contributed by atoms with E-state index in [0.717, 1.165) is 30.4 Å². The number of nitrogens with one attached hydrogen (secondary N) is 2. The summed E-state index contributed by atoms with van der Waals surface area (Å²) in [5.74, 6) is 1.00. The van der Waals surface area contributed by atoms with E-state index in [2.05, 4.69) is 10.6 Å². The van der Waals surface area contributed by atoms with Crippen molar-refractivity contribution in [2.45, 2.75) is 78.4 Å². The third kappa shape index (κ3) is 4.48. The van der Waals surface area contributed by atoms with E-state index < -0.39 is 18.1 Å². The molecular weight excluding hydrogens is 392 g/mol. The van der Waals surface area contributed by atoms with Gasteiger partial charge < -0.3 is 15.4 Å². The number of amides is 2. The van der Waals surface area contributed by atoms with Crippen molar-refractivity contribution in [3.05, 3.63) is 29.3 Å². The van der Waals surface area contributed by atoms with Crippen molar-refractivity contribution in [2.24, 2.45) is 23.2 Å². The Labute approximate surface area is 184 Å². The number of aryl methyl sites for hydroxylation is 2. The second-order valence-electron chi connectivity index (χ2n) is 10.3. The minimum Gasteiger partial charge on any atom is -0.451 e. The summed E-state index contributed by atoms with van der Waals surface area (Å²) in [6, 6.07) is 5.01. The summed E-state index contributed by atoms with van der Waals surface area (Å²) >= 11 is 0. The van der Waals surface area contributed by atoms with E-state index in [1.165, 1.54) is 19.3 Å². The van der Waals surface area contributed by atoms with E-state index in [0.29, 0.717) is 23.4 Å². The molecule has 0 aliphatic heterocycles. The van der Waals surface area contributed by atoms with Gasteiger partial charge in [0.25, 0.3) is 5.91 Å². The van der Waals surface area contributed by atoms with Gasteiger partial charge in [-0.05, 0) is 101 Å². The van der Waals surface area contributed by atoms with Crippen molar-refractivity contribution in [1.82, 2.24) is 5.32 Å². The van der Waals surface area contributed by atoms with E-state index in [1.54, 1.807) is 13.8 Å². The summed E-state index contributed by atoms with van der Waals surface area (Å²) in [7, 11) is 0. The Bertz CT molecular complexity index is 858. The van der Waals surface area contributed by atoms with Crippen molar-refractivity contribution < 1.29 is 19.1 Å². The van der Waals surface area contributed by atoms with Gasteiger partial charge in [0.15, 0.2) is 6.10 Å². The molecule has 4 bridgehead atoms. The summed E-state index contributed by atoms with van der Waals surface area (Å²) in [5.41, 5.74) is 2.37. The van der Waals surface area contributed by atoms with Crippen LogP contribution in [-0.4, -0.2) is 29.9 Å². The minimum atomic E-state index is -0.952. The average Bonchev–Trinajstić information content (AvgIpc) is 2.69. The molecule has 1 aromatic carbocycles. The highest BCUT2D eigenvalue weighted by molar-refractivity contribution is 5.96. The van der Waals surface area contributed by atoms with Crippen LogP contribution < -0.4 is 10.6 Å². The molecule has 0 spiro atoms. The number of rotatable bonds is 6. The predicted octanol–water partition coefficient (Wildman–Crippen LogP) is 3.89. The zero-order valence-electron chi connectivity index (χ0n) is 19.0. The first-order chi connectivity index (χ1) is 14.6. The lowest BCUT2D eigenvalue weighted by Gasteiger charge is -2.55. The van der Waals surface area contributed by atoms with E-state index in [1.807, 2.05) is 32.0 Å². The van der Waals surface area contributed by atoms with Gasteiger partial charge >= 0.3 is 5.97 Å². The van der Waals surface area contributed by atoms with Gasteiger partial charge in [0, 0.05) is 11.1 Å². The van der Waals surface area contributed by atoms with Crippen molar-refractivity contribution in [1.29, 1.82) is 0 Å². The molecule has 0 saturated heterocycles. The molecule has 6 nitrogen and oxygen atoms in total. The maximum Gasteiger partial charge on any atom is 0.329 e. The Morgan fingerprint density at radius 3 is 2.16 bits per heavy atom. The van der Waals surface area contributed by atoms with Crippen LogP contribution in [0.4, 0.5) is 5.69 Å². The highest BCUT2D eigenvalue weighted by Gasteiger charge is 2.54. The number of esters is 1. The first-order valence-corrected chi connectivity index (χ1v) is 11.5. The Morgan fingerprint density at radius 1 is 1.00 bits per heavy atom. The van der Waals surface area contributed by atoms with E-state index in [9.17, 15) is 14.4 Å². The first kappa shape index (κ1) is 21.8. The van der Waals surface area contributed by atoms with Crippen molar-refractivity contribution in [2.75, 3.05) is 5.32 Å². The monoisotopic (exact) mass is 426 g/mol. The average molecular weight is 427 g/mol. The van der Waals surface area contributed by atoms with Crippen molar-refractivity contribution in [3.8, 4) is 0 Å².